The van der Waals surface area contributed by atoms with Crippen molar-refractivity contribution in [1.29, 1.82) is 0 Å². The summed E-state index contributed by atoms with van der Waals surface area (Å²) in [5.41, 5.74) is 4.44. The molecule has 6 nitrogen and oxygen atoms in total. The molecule has 1 aromatic rings. The first kappa shape index (κ1) is 16.1. The van der Waals surface area contributed by atoms with Gasteiger partial charge in [-0.15, -0.1) is 0 Å². The third kappa shape index (κ3) is 4.13. The molecular formula is C12H12FIN2O4S. The molecule has 1 unspecified atom stereocenters. The molecule has 1 saturated heterocycles. The maximum Gasteiger partial charge on any atom is 0.270 e. The SMILES string of the molecule is O=C(NNC(=O)C1CCS(=O)(=O)C1)c1cc(F)ccc1I. The Labute approximate surface area is 134 Å². The molecule has 1 aliphatic heterocycles. The van der Waals surface area contributed by atoms with Crippen LogP contribution in [0.15, 0.2) is 18.2 Å². The zero-order valence-corrected chi connectivity index (χ0v) is 13.7. The maximum atomic E-state index is 13.1. The van der Waals surface area contributed by atoms with Crippen molar-refractivity contribution in [2.75, 3.05) is 11.5 Å². The second kappa shape index (κ2) is 6.26. The summed E-state index contributed by atoms with van der Waals surface area (Å²) in [5, 5.41) is 0. The van der Waals surface area contributed by atoms with Gasteiger partial charge in [-0.3, -0.25) is 20.4 Å². The van der Waals surface area contributed by atoms with Crippen LogP contribution in [0.3, 0.4) is 0 Å². The average molecular weight is 426 g/mol. The molecule has 2 rings (SSSR count). The average Bonchev–Trinajstić information content (AvgIpc) is 2.79. The van der Waals surface area contributed by atoms with E-state index in [9.17, 15) is 22.4 Å². The summed E-state index contributed by atoms with van der Waals surface area (Å²) >= 11 is 1.87. The Bertz CT molecular complexity index is 692. The topological polar surface area (TPSA) is 92.3 Å². The highest BCUT2D eigenvalue weighted by molar-refractivity contribution is 14.1. The molecule has 0 aromatic heterocycles. The Kier molecular flexibility index (Phi) is 4.81. The highest BCUT2D eigenvalue weighted by Gasteiger charge is 2.33. The van der Waals surface area contributed by atoms with Crippen molar-refractivity contribution < 1.29 is 22.4 Å². The summed E-state index contributed by atoms with van der Waals surface area (Å²) in [6.45, 7) is 0. The van der Waals surface area contributed by atoms with Gasteiger partial charge < -0.3 is 0 Å². The van der Waals surface area contributed by atoms with E-state index in [2.05, 4.69) is 10.9 Å². The summed E-state index contributed by atoms with van der Waals surface area (Å²) < 4.78 is 36.2. The van der Waals surface area contributed by atoms with Crippen LogP contribution < -0.4 is 10.9 Å². The minimum Gasteiger partial charge on any atom is -0.273 e. The number of rotatable bonds is 2. The second-order valence-electron chi connectivity index (χ2n) is 4.67. The zero-order valence-electron chi connectivity index (χ0n) is 10.7. The summed E-state index contributed by atoms with van der Waals surface area (Å²) in [5.74, 6) is -2.69. The first-order chi connectivity index (χ1) is 9.78. The lowest BCUT2D eigenvalue weighted by molar-refractivity contribution is -0.125. The van der Waals surface area contributed by atoms with Crippen LogP contribution in [0.5, 0.6) is 0 Å². The first-order valence-corrected chi connectivity index (χ1v) is 8.94. The van der Waals surface area contributed by atoms with Gasteiger partial charge in [-0.1, -0.05) is 0 Å². The van der Waals surface area contributed by atoms with Gasteiger partial charge in [-0.25, -0.2) is 12.8 Å². The number of nitrogens with one attached hydrogen (secondary N) is 2. The molecule has 9 heteroatoms. The Balaban J connectivity index is 1.95. The fourth-order valence-corrected chi connectivity index (χ4v) is 4.28. The Morgan fingerprint density at radius 3 is 2.62 bits per heavy atom. The third-order valence-corrected chi connectivity index (χ3v) is 5.78. The van der Waals surface area contributed by atoms with Crippen molar-refractivity contribution in [3.8, 4) is 0 Å². The number of hydrazine groups is 1. The first-order valence-electron chi connectivity index (χ1n) is 6.04. The number of hydrogen-bond donors (Lipinski definition) is 2. The molecule has 0 bridgehead atoms. The van der Waals surface area contributed by atoms with Gasteiger partial charge in [-0.05, 0) is 47.2 Å². The highest BCUT2D eigenvalue weighted by atomic mass is 127. The van der Waals surface area contributed by atoms with Gasteiger partial charge in [0, 0.05) is 3.57 Å². The van der Waals surface area contributed by atoms with E-state index in [0.717, 1.165) is 6.07 Å². The van der Waals surface area contributed by atoms with Crippen molar-refractivity contribution in [2.45, 2.75) is 6.42 Å². The minimum atomic E-state index is -3.17. The molecule has 0 aliphatic carbocycles. The molecule has 2 amide bonds. The van der Waals surface area contributed by atoms with Gasteiger partial charge in [0.1, 0.15) is 5.82 Å². The molecule has 2 N–H and O–H groups in total. The van der Waals surface area contributed by atoms with Gasteiger partial charge in [0.25, 0.3) is 5.91 Å². The van der Waals surface area contributed by atoms with Gasteiger partial charge in [0.05, 0.1) is 23.0 Å². The monoisotopic (exact) mass is 426 g/mol. The quantitative estimate of drug-likeness (QED) is 0.536. The van der Waals surface area contributed by atoms with Crippen molar-refractivity contribution in [3.63, 3.8) is 0 Å². The van der Waals surface area contributed by atoms with Gasteiger partial charge in [0.15, 0.2) is 9.84 Å². The summed E-state index contributed by atoms with van der Waals surface area (Å²) in [7, 11) is -3.17. The summed E-state index contributed by atoms with van der Waals surface area (Å²) in [6.07, 6.45) is 0.238. The van der Waals surface area contributed by atoms with Crippen LogP contribution in [-0.2, 0) is 14.6 Å². The van der Waals surface area contributed by atoms with Crippen LogP contribution in [0.25, 0.3) is 0 Å². The van der Waals surface area contributed by atoms with E-state index in [1.165, 1.54) is 12.1 Å². The van der Waals surface area contributed by atoms with Crippen molar-refractivity contribution in [3.05, 3.63) is 33.1 Å². The molecule has 0 spiro atoms. The standard InChI is InChI=1S/C12H12FIN2O4S/c13-8-1-2-10(14)9(5-8)12(18)16-15-11(17)7-3-4-21(19,20)6-7/h1-2,5,7H,3-4,6H2,(H,15,17)(H,16,18). The van der Waals surface area contributed by atoms with Gasteiger partial charge in [0.2, 0.25) is 5.91 Å². The number of halogens is 2. The van der Waals surface area contributed by atoms with Crippen LogP contribution in [0, 0.1) is 15.3 Å². The number of sulfone groups is 1. The fourth-order valence-electron chi connectivity index (χ4n) is 1.96. The zero-order chi connectivity index (χ0) is 15.6. The van der Waals surface area contributed by atoms with Gasteiger partial charge >= 0.3 is 0 Å². The fraction of sp³-hybridized carbons (Fsp3) is 0.333. The van der Waals surface area contributed by atoms with Crippen molar-refractivity contribution in [1.82, 2.24) is 10.9 Å². The molecule has 1 fully saturated rings. The Morgan fingerprint density at radius 2 is 2.00 bits per heavy atom. The van der Waals surface area contributed by atoms with Crippen LogP contribution in [0.4, 0.5) is 4.39 Å². The lowest BCUT2D eigenvalue weighted by atomic mass is 10.1. The van der Waals surface area contributed by atoms with Crippen molar-refractivity contribution >= 4 is 44.2 Å². The minimum absolute atomic E-state index is 0.0270. The van der Waals surface area contributed by atoms with Crippen LogP contribution in [0.2, 0.25) is 0 Å². The number of carbonyl (C=O) groups is 2. The Hall–Kier alpha value is -1.23. The summed E-state index contributed by atoms with van der Waals surface area (Å²) in [6, 6.07) is 3.72. The molecule has 114 valence electrons. The largest absolute Gasteiger partial charge is 0.273 e. The van der Waals surface area contributed by atoms with Crippen LogP contribution in [0.1, 0.15) is 16.8 Å². The van der Waals surface area contributed by atoms with E-state index in [0.29, 0.717) is 3.57 Å². The Morgan fingerprint density at radius 1 is 1.29 bits per heavy atom. The van der Waals surface area contributed by atoms with E-state index >= 15 is 0 Å². The molecule has 21 heavy (non-hydrogen) atoms. The molecule has 0 saturated carbocycles. The number of amides is 2. The van der Waals surface area contributed by atoms with Crippen molar-refractivity contribution in [2.24, 2.45) is 5.92 Å². The second-order valence-corrected chi connectivity index (χ2v) is 8.06. The normalized spacial score (nSPS) is 20.0. The van der Waals surface area contributed by atoms with E-state index in [1.807, 2.05) is 22.6 Å². The molecule has 0 radical (unpaired) electrons. The number of carbonyl (C=O) groups excluding carboxylic acids is 2. The van der Waals surface area contributed by atoms with E-state index in [4.69, 9.17) is 0 Å². The van der Waals surface area contributed by atoms with E-state index in [-0.39, 0.29) is 23.5 Å². The van der Waals surface area contributed by atoms with Crippen LogP contribution in [-0.4, -0.2) is 31.7 Å². The molecular weight excluding hydrogens is 414 g/mol. The van der Waals surface area contributed by atoms with Gasteiger partial charge in [-0.2, -0.15) is 0 Å². The van der Waals surface area contributed by atoms with E-state index < -0.39 is 33.4 Å². The molecule has 1 atom stereocenters. The smallest absolute Gasteiger partial charge is 0.270 e. The maximum absolute atomic E-state index is 13.1. The van der Waals surface area contributed by atoms with Crippen LogP contribution >= 0.6 is 22.6 Å². The predicted octanol–water partition coefficient (Wildman–Crippen LogP) is 0.626. The number of benzene rings is 1. The molecule has 1 aliphatic rings. The lowest BCUT2D eigenvalue weighted by Gasteiger charge is -2.11. The molecule has 1 heterocycles. The molecule has 1 aromatic carbocycles. The third-order valence-electron chi connectivity index (χ3n) is 3.08. The number of hydrogen-bond acceptors (Lipinski definition) is 4. The lowest BCUT2D eigenvalue weighted by Crippen LogP contribution is -2.45. The predicted molar refractivity (Wildman–Crippen MR) is 81.5 cm³/mol. The highest BCUT2D eigenvalue weighted by Crippen LogP contribution is 2.18. The summed E-state index contributed by atoms with van der Waals surface area (Å²) in [4.78, 5) is 23.6. The van der Waals surface area contributed by atoms with E-state index in [1.54, 1.807) is 0 Å².